The molecule has 0 unspecified atom stereocenters. The second kappa shape index (κ2) is 7.72. The number of aromatic nitrogens is 2. The summed E-state index contributed by atoms with van der Waals surface area (Å²) >= 11 is 0. The Labute approximate surface area is 154 Å². The van der Waals surface area contributed by atoms with Crippen molar-refractivity contribution in [3.05, 3.63) is 48.4 Å². The van der Waals surface area contributed by atoms with E-state index in [4.69, 9.17) is 0 Å². The Balaban J connectivity index is 1.38. The molecule has 2 aromatic rings. The summed E-state index contributed by atoms with van der Waals surface area (Å²) in [6, 6.07) is 8.30. The number of nitrogens with zero attached hydrogens (tertiary/aromatic N) is 4. The Morgan fingerprint density at radius 2 is 1.81 bits per heavy atom. The molecule has 3 heterocycles. The first-order valence-electron chi connectivity index (χ1n) is 9.46. The molecule has 136 valence electrons. The fourth-order valence-corrected chi connectivity index (χ4v) is 3.80. The molecule has 26 heavy (non-hydrogen) atoms. The third kappa shape index (κ3) is 3.79. The zero-order valence-electron chi connectivity index (χ0n) is 15.0. The van der Waals surface area contributed by atoms with Crippen LogP contribution in [0.2, 0.25) is 0 Å². The maximum absolute atomic E-state index is 12.5. The van der Waals surface area contributed by atoms with E-state index in [0.29, 0.717) is 11.6 Å². The van der Waals surface area contributed by atoms with Crippen LogP contribution < -0.4 is 15.1 Å². The van der Waals surface area contributed by atoms with Crippen molar-refractivity contribution < 1.29 is 4.79 Å². The minimum absolute atomic E-state index is 0.00151. The highest BCUT2D eigenvalue weighted by molar-refractivity contribution is 5.95. The number of hydrogen-bond donors (Lipinski definition) is 1. The van der Waals surface area contributed by atoms with Gasteiger partial charge >= 0.3 is 0 Å². The van der Waals surface area contributed by atoms with E-state index in [1.807, 2.05) is 36.7 Å². The van der Waals surface area contributed by atoms with Crippen molar-refractivity contribution in [1.29, 1.82) is 0 Å². The number of piperazine rings is 1. The average Bonchev–Trinajstić information content (AvgIpc) is 3.22. The molecule has 0 atom stereocenters. The molecular weight excluding hydrogens is 326 g/mol. The second-order valence-electron chi connectivity index (χ2n) is 7.05. The van der Waals surface area contributed by atoms with Gasteiger partial charge in [-0.15, -0.1) is 0 Å². The molecule has 1 amide bonds. The molecule has 0 radical (unpaired) electrons. The molecule has 2 fully saturated rings. The van der Waals surface area contributed by atoms with Crippen molar-refractivity contribution in [2.24, 2.45) is 0 Å². The summed E-state index contributed by atoms with van der Waals surface area (Å²) in [5, 5.41) is 3.14. The van der Waals surface area contributed by atoms with Gasteiger partial charge in [-0.2, -0.15) is 0 Å². The molecule has 1 saturated carbocycles. The van der Waals surface area contributed by atoms with E-state index in [1.54, 1.807) is 6.20 Å². The van der Waals surface area contributed by atoms with Crippen molar-refractivity contribution in [2.75, 3.05) is 36.0 Å². The second-order valence-corrected chi connectivity index (χ2v) is 7.05. The first-order valence-corrected chi connectivity index (χ1v) is 9.46. The lowest BCUT2D eigenvalue weighted by molar-refractivity contribution is 0.0937. The summed E-state index contributed by atoms with van der Waals surface area (Å²) in [4.78, 5) is 25.8. The number of hydrogen-bond acceptors (Lipinski definition) is 5. The van der Waals surface area contributed by atoms with Crippen molar-refractivity contribution in [3.8, 4) is 0 Å². The van der Waals surface area contributed by atoms with Gasteiger partial charge in [0.1, 0.15) is 5.82 Å². The molecule has 1 N–H and O–H groups in total. The van der Waals surface area contributed by atoms with E-state index in [1.165, 1.54) is 12.8 Å². The molecule has 0 spiro atoms. The molecule has 1 aliphatic carbocycles. The fourth-order valence-electron chi connectivity index (χ4n) is 3.80. The highest BCUT2D eigenvalue weighted by atomic mass is 16.1. The number of carbonyl (C=O) groups excluding carboxylic acids is 1. The molecule has 6 heteroatoms. The molecule has 6 nitrogen and oxygen atoms in total. The lowest BCUT2D eigenvalue weighted by Crippen LogP contribution is -2.47. The summed E-state index contributed by atoms with van der Waals surface area (Å²) in [5.41, 5.74) is 1.67. The SMILES string of the molecule is O=C(NC1CCCC1)c1cncc(N2CCN(c3ccccn3)CC2)c1. The van der Waals surface area contributed by atoms with Crippen LogP contribution in [0, 0.1) is 0 Å². The van der Waals surface area contributed by atoms with Crippen LogP contribution in [0.4, 0.5) is 11.5 Å². The summed E-state index contributed by atoms with van der Waals surface area (Å²) < 4.78 is 0. The normalized spacial score (nSPS) is 18.2. The molecule has 4 rings (SSSR count). The maximum atomic E-state index is 12.5. The van der Waals surface area contributed by atoms with Crippen LogP contribution in [-0.4, -0.2) is 48.1 Å². The van der Waals surface area contributed by atoms with Crippen LogP contribution in [-0.2, 0) is 0 Å². The van der Waals surface area contributed by atoms with Crippen LogP contribution >= 0.6 is 0 Å². The first kappa shape index (κ1) is 16.8. The molecule has 1 saturated heterocycles. The van der Waals surface area contributed by atoms with Crippen molar-refractivity contribution in [1.82, 2.24) is 15.3 Å². The van der Waals surface area contributed by atoms with Gasteiger partial charge in [0.05, 0.1) is 17.4 Å². The van der Waals surface area contributed by atoms with Crippen molar-refractivity contribution in [3.63, 3.8) is 0 Å². The Morgan fingerprint density at radius 1 is 1.04 bits per heavy atom. The van der Waals surface area contributed by atoms with Gasteiger partial charge in [-0.05, 0) is 31.0 Å². The lowest BCUT2D eigenvalue weighted by atomic mass is 10.2. The Hall–Kier alpha value is -2.63. The van der Waals surface area contributed by atoms with Gasteiger partial charge in [0.2, 0.25) is 0 Å². The monoisotopic (exact) mass is 351 g/mol. The van der Waals surface area contributed by atoms with Gasteiger partial charge in [-0.25, -0.2) is 4.98 Å². The van der Waals surface area contributed by atoms with Gasteiger partial charge in [0.15, 0.2) is 0 Å². The zero-order chi connectivity index (χ0) is 17.8. The van der Waals surface area contributed by atoms with E-state index in [-0.39, 0.29) is 5.91 Å². The summed E-state index contributed by atoms with van der Waals surface area (Å²) in [6.45, 7) is 3.61. The predicted octanol–water partition coefficient (Wildman–Crippen LogP) is 2.48. The Morgan fingerprint density at radius 3 is 2.54 bits per heavy atom. The van der Waals surface area contributed by atoms with Gasteiger partial charge in [0, 0.05) is 44.6 Å². The molecule has 2 aliphatic rings. The van der Waals surface area contributed by atoms with E-state index in [0.717, 1.165) is 50.5 Å². The van der Waals surface area contributed by atoms with Crippen LogP contribution in [0.1, 0.15) is 36.0 Å². The van der Waals surface area contributed by atoms with Crippen molar-refractivity contribution >= 4 is 17.4 Å². The van der Waals surface area contributed by atoms with Crippen LogP contribution in [0.3, 0.4) is 0 Å². The molecule has 0 aromatic carbocycles. The Kier molecular flexibility index (Phi) is 5.00. The number of rotatable bonds is 4. The fraction of sp³-hybridized carbons (Fsp3) is 0.450. The minimum Gasteiger partial charge on any atom is -0.367 e. The van der Waals surface area contributed by atoms with E-state index in [2.05, 4.69) is 25.1 Å². The van der Waals surface area contributed by atoms with Gasteiger partial charge in [-0.3, -0.25) is 9.78 Å². The van der Waals surface area contributed by atoms with Gasteiger partial charge in [-0.1, -0.05) is 18.9 Å². The number of anilines is 2. The van der Waals surface area contributed by atoms with E-state index >= 15 is 0 Å². The number of nitrogens with one attached hydrogen (secondary N) is 1. The van der Waals surface area contributed by atoms with E-state index < -0.39 is 0 Å². The van der Waals surface area contributed by atoms with Crippen LogP contribution in [0.25, 0.3) is 0 Å². The molecule has 2 aromatic heterocycles. The number of amides is 1. The zero-order valence-corrected chi connectivity index (χ0v) is 15.0. The summed E-state index contributed by atoms with van der Waals surface area (Å²) in [5.74, 6) is 1.02. The highest BCUT2D eigenvalue weighted by Gasteiger charge is 2.21. The molecule has 1 aliphatic heterocycles. The molecular formula is C20H25N5O. The van der Waals surface area contributed by atoms with E-state index in [9.17, 15) is 4.79 Å². The quantitative estimate of drug-likeness (QED) is 0.917. The predicted molar refractivity (Wildman–Crippen MR) is 103 cm³/mol. The average molecular weight is 351 g/mol. The summed E-state index contributed by atoms with van der Waals surface area (Å²) in [7, 11) is 0. The lowest BCUT2D eigenvalue weighted by Gasteiger charge is -2.36. The highest BCUT2D eigenvalue weighted by Crippen LogP contribution is 2.21. The Bertz CT molecular complexity index is 737. The minimum atomic E-state index is -0.00151. The standard InChI is InChI=1S/C20H25N5O/c26-20(23-17-5-1-2-6-17)16-13-18(15-21-14-16)24-9-11-25(12-10-24)19-7-3-4-8-22-19/h3-4,7-8,13-15,17H,1-2,5-6,9-12H2,(H,23,26). The van der Waals surface area contributed by atoms with Crippen LogP contribution in [0.5, 0.6) is 0 Å². The first-order chi connectivity index (χ1) is 12.8. The topological polar surface area (TPSA) is 61.4 Å². The van der Waals surface area contributed by atoms with Crippen LogP contribution in [0.15, 0.2) is 42.9 Å². The number of pyridine rings is 2. The molecule has 0 bridgehead atoms. The maximum Gasteiger partial charge on any atom is 0.253 e. The third-order valence-electron chi connectivity index (χ3n) is 5.29. The summed E-state index contributed by atoms with van der Waals surface area (Å²) in [6.07, 6.45) is 9.95. The van der Waals surface area contributed by atoms with Gasteiger partial charge < -0.3 is 15.1 Å². The van der Waals surface area contributed by atoms with Gasteiger partial charge in [0.25, 0.3) is 5.91 Å². The largest absolute Gasteiger partial charge is 0.367 e. The third-order valence-corrected chi connectivity index (χ3v) is 5.29. The smallest absolute Gasteiger partial charge is 0.253 e. The number of carbonyl (C=O) groups is 1. The van der Waals surface area contributed by atoms with Crippen molar-refractivity contribution in [2.45, 2.75) is 31.7 Å².